The molecule has 0 fully saturated rings. The van der Waals surface area contributed by atoms with Crippen LogP contribution in [0, 0.1) is 0 Å². The van der Waals surface area contributed by atoms with E-state index in [2.05, 4.69) is 4.99 Å². The second-order valence-corrected chi connectivity index (χ2v) is 6.78. The van der Waals surface area contributed by atoms with Gasteiger partial charge in [0.25, 0.3) is 5.56 Å². The summed E-state index contributed by atoms with van der Waals surface area (Å²) in [7, 11) is 1.57. The lowest BCUT2D eigenvalue weighted by Crippen LogP contribution is -2.20. The number of aliphatic imine (C=N–C) groups is 1. The molecule has 0 radical (unpaired) electrons. The van der Waals surface area contributed by atoms with Gasteiger partial charge in [0.1, 0.15) is 17.2 Å². The van der Waals surface area contributed by atoms with E-state index in [-0.39, 0.29) is 11.4 Å². The Hall–Kier alpha value is -4.06. The van der Waals surface area contributed by atoms with Gasteiger partial charge in [0.15, 0.2) is 0 Å². The topological polar surface area (TPSA) is 73.1 Å². The average molecular weight is 414 g/mol. The quantitative estimate of drug-likeness (QED) is 0.458. The number of nitrogens with zero attached hydrogens (tertiary/aromatic N) is 2. The molecule has 1 heterocycles. The third kappa shape index (κ3) is 3.88. The minimum absolute atomic E-state index is 0.188. The third-order valence-electron chi connectivity index (χ3n) is 4.93. The highest BCUT2D eigenvalue weighted by molar-refractivity contribution is 6.02. The van der Waals surface area contributed by atoms with Crippen LogP contribution in [-0.4, -0.2) is 29.6 Å². The summed E-state index contributed by atoms with van der Waals surface area (Å²) < 4.78 is 12.1. The molecule has 156 valence electrons. The van der Waals surface area contributed by atoms with E-state index in [1.54, 1.807) is 55.8 Å². The lowest BCUT2D eigenvalue weighted by molar-refractivity contribution is 0.341. The fourth-order valence-electron chi connectivity index (χ4n) is 3.44. The van der Waals surface area contributed by atoms with Crippen molar-refractivity contribution in [2.75, 3.05) is 13.7 Å². The normalized spacial score (nSPS) is 11.2. The summed E-state index contributed by atoms with van der Waals surface area (Å²) in [5.41, 5.74) is 1.29. The van der Waals surface area contributed by atoms with E-state index in [1.165, 1.54) is 4.57 Å². The zero-order chi connectivity index (χ0) is 21.8. The predicted molar refractivity (Wildman–Crippen MR) is 123 cm³/mol. The number of pyridine rings is 1. The van der Waals surface area contributed by atoms with Crippen molar-refractivity contribution in [2.24, 2.45) is 4.99 Å². The number of aromatic hydroxyl groups is 1. The maximum absolute atomic E-state index is 13.2. The molecular weight excluding hydrogens is 392 g/mol. The molecule has 0 amide bonds. The summed E-state index contributed by atoms with van der Waals surface area (Å²) in [6.07, 6.45) is 1.56. The van der Waals surface area contributed by atoms with Crippen molar-refractivity contribution in [1.29, 1.82) is 0 Å². The first-order valence-corrected chi connectivity index (χ1v) is 9.91. The number of fused-ring (bicyclic) bond motifs is 1. The molecule has 0 unspecified atom stereocenters. The number of benzene rings is 3. The monoisotopic (exact) mass is 414 g/mol. The van der Waals surface area contributed by atoms with Crippen molar-refractivity contribution in [2.45, 2.75) is 6.92 Å². The van der Waals surface area contributed by atoms with Crippen LogP contribution >= 0.6 is 0 Å². The molecule has 1 aromatic heterocycles. The maximum atomic E-state index is 13.2. The van der Waals surface area contributed by atoms with Gasteiger partial charge < -0.3 is 14.6 Å². The van der Waals surface area contributed by atoms with Crippen LogP contribution in [0.4, 0.5) is 5.69 Å². The Balaban J connectivity index is 1.92. The average Bonchev–Trinajstić information content (AvgIpc) is 2.81. The lowest BCUT2D eigenvalue weighted by atomic mass is 10.1. The molecule has 1 N–H and O–H groups in total. The van der Waals surface area contributed by atoms with Crippen molar-refractivity contribution in [3.05, 3.63) is 88.7 Å². The van der Waals surface area contributed by atoms with Crippen molar-refractivity contribution >= 4 is 22.7 Å². The summed E-state index contributed by atoms with van der Waals surface area (Å²) >= 11 is 0. The zero-order valence-electron chi connectivity index (χ0n) is 17.3. The van der Waals surface area contributed by atoms with Gasteiger partial charge in [-0.2, -0.15) is 0 Å². The third-order valence-corrected chi connectivity index (χ3v) is 4.93. The highest BCUT2D eigenvalue weighted by Crippen LogP contribution is 2.30. The molecule has 31 heavy (non-hydrogen) atoms. The standard InChI is InChI=1S/C25H22N2O4/c1-3-31-23-11-7-6-10-22(23)26-16-21-19-8-4-5-9-20(19)24(28)27(25(21)29)17-12-14-18(30-2)15-13-17/h4-16,29H,3H2,1-2H3. The molecule has 0 saturated carbocycles. The fourth-order valence-corrected chi connectivity index (χ4v) is 3.44. The summed E-state index contributed by atoms with van der Waals surface area (Å²) in [5, 5.41) is 12.2. The number of aromatic nitrogens is 1. The van der Waals surface area contributed by atoms with Crippen molar-refractivity contribution in [3.63, 3.8) is 0 Å². The van der Waals surface area contributed by atoms with Gasteiger partial charge in [-0.1, -0.05) is 30.3 Å². The molecule has 0 saturated heterocycles. The van der Waals surface area contributed by atoms with E-state index in [0.717, 1.165) is 0 Å². The Morgan fingerprint density at radius 3 is 2.35 bits per heavy atom. The summed E-state index contributed by atoms with van der Waals surface area (Å²) in [6, 6.07) is 21.5. The van der Waals surface area contributed by atoms with Gasteiger partial charge in [0.2, 0.25) is 5.88 Å². The van der Waals surface area contributed by atoms with Crippen LogP contribution in [0.3, 0.4) is 0 Å². The summed E-state index contributed by atoms with van der Waals surface area (Å²) in [4.78, 5) is 17.7. The summed E-state index contributed by atoms with van der Waals surface area (Å²) in [5.74, 6) is 1.12. The molecule has 0 aliphatic rings. The molecule has 0 bridgehead atoms. The van der Waals surface area contributed by atoms with Gasteiger partial charge in [0, 0.05) is 17.0 Å². The minimum atomic E-state index is -0.315. The first-order chi connectivity index (χ1) is 15.1. The molecule has 0 atom stereocenters. The number of rotatable bonds is 6. The van der Waals surface area contributed by atoms with Crippen LogP contribution in [0.25, 0.3) is 16.5 Å². The summed E-state index contributed by atoms with van der Waals surface area (Å²) in [6.45, 7) is 2.42. The van der Waals surface area contributed by atoms with Gasteiger partial charge in [-0.3, -0.25) is 9.79 Å². The van der Waals surface area contributed by atoms with E-state index >= 15 is 0 Å². The fraction of sp³-hybridized carbons (Fsp3) is 0.120. The molecule has 0 aliphatic carbocycles. The number of methoxy groups -OCH3 is 1. The van der Waals surface area contributed by atoms with E-state index < -0.39 is 0 Å². The van der Waals surface area contributed by atoms with Crippen LogP contribution in [0.15, 0.2) is 82.6 Å². The van der Waals surface area contributed by atoms with Crippen LogP contribution in [-0.2, 0) is 0 Å². The van der Waals surface area contributed by atoms with Gasteiger partial charge in [-0.05, 0) is 49.4 Å². The SMILES string of the molecule is CCOc1ccccc1N=Cc1c(O)n(-c2ccc(OC)cc2)c(=O)c2ccccc12. The van der Waals surface area contributed by atoms with E-state index in [1.807, 2.05) is 37.3 Å². The van der Waals surface area contributed by atoms with Gasteiger partial charge in [0.05, 0.1) is 25.0 Å². The lowest BCUT2D eigenvalue weighted by Gasteiger charge is -2.14. The van der Waals surface area contributed by atoms with Gasteiger partial charge >= 0.3 is 0 Å². The smallest absolute Gasteiger partial charge is 0.265 e. The predicted octanol–water partition coefficient (Wildman–Crippen LogP) is 4.85. The van der Waals surface area contributed by atoms with Crippen molar-refractivity contribution in [1.82, 2.24) is 4.57 Å². The Morgan fingerprint density at radius 2 is 1.65 bits per heavy atom. The Labute approximate surface area is 179 Å². The van der Waals surface area contributed by atoms with Crippen molar-refractivity contribution < 1.29 is 14.6 Å². The van der Waals surface area contributed by atoms with Crippen LogP contribution in [0.2, 0.25) is 0 Å². The van der Waals surface area contributed by atoms with E-state index in [9.17, 15) is 9.90 Å². The van der Waals surface area contributed by atoms with Crippen LogP contribution in [0.5, 0.6) is 17.4 Å². The minimum Gasteiger partial charge on any atom is -0.497 e. The first kappa shape index (κ1) is 20.2. The van der Waals surface area contributed by atoms with E-state index in [4.69, 9.17) is 9.47 Å². The Morgan fingerprint density at radius 1 is 0.968 bits per heavy atom. The largest absolute Gasteiger partial charge is 0.497 e. The van der Waals surface area contributed by atoms with Gasteiger partial charge in [-0.15, -0.1) is 0 Å². The molecule has 4 rings (SSSR count). The Bertz CT molecular complexity index is 1310. The van der Waals surface area contributed by atoms with E-state index in [0.29, 0.717) is 45.8 Å². The molecule has 4 aromatic rings. The first-order valence-electron chi connectivity index (χ1n) is 9.91. The number of hydrogen-bond donors (Lipinski definition) is 1. The Kier molecular flexibility index (Phi) is 5.71. The van der Waals surface area contributed by atoms with Crippen LogP contribution in [0.1, 0.15) is 12.5 Å². The molecular formula is C25H22N2O4. The second-order valence-electron chi connectivity index (χ2n) is 6.78. The highest BCUT2D eigenvalue weighted by Gasteiger charge is 2.16. The molecule has 3 aromatic carbocycles. The number of ether oxygens (including phenoxy) is 2. The maximum Gasteiger partial charge on any atom is 0.265 e. The van der Waals surface area contributed by atoms with Gasteiger partial charge in [-0.25, -0.2) is 4.57 Å². The molecule has 6 nitrogen and oxygen atoms in total. The molecule has 0 spiro atoms. The second kappa shape index (κ2) is 8.75. The highest BCUT2D eigenvalue weighted by atomic mass is 16.5. The molecule has 6 heteroatoms. The zero-order valence-corrected chi connectivity index (χ0v) is 17.3. The number of hydrogen-bond acceptors (Lipinski definition) is 5. The molecule has 0 aliphatic heterocycles. The van der Waals surface area contributed by atoms with Crippen LogP contribution < -0.4 is 15.0 Å². The number of para-hydroxylation sites is 2. The van der Waals surface area contributed by atoms with Crippen molar-refractivity contribution in [3.8, 4) is 23.1 Å².